The van der Waals surface area contributed by atoms with Crippen LogP contribution in [-0.4, -0.2) is 7.05 Å². The van der Waals surface area contributed by atoms with Crippen LogP contribution in [0, 0.1) is 0 Å². The molecule has 47 heavy (non-hydrogen) atoms. The summed E-state index contributed by atoms with van der Waals surface area (Å²) >= 11 is 0. The molecule has 2 heteroatoms. The first-order valence-corrected chi connectivity index (χ1v) is 16.1. The van der Waals surface area contributed by atoms with E-state index in [9.17, 15) is 0 Å². The van der Waals surface area contributed by atoms with Crippen LogP contribution in [0.2, 0.25) is 0 Å². The fraction of sp³-hybridized carbons (Fsp3) is 0.0222. The van der Waals surface area contributed by atoms with Crippen molar-refractivity contribution in [1.29, 1.82) is 0 Å². The largest absolute Gasteiger partial charge is 0.344 e. The maximum atomic E-state index is 2.33. The smallest absolute Gasteiger partial charge is 0.0567 e. The zero-order valence-corrected chi connectivity index (χ0v) is 26.3. The quantitative estimate of drug-likeness (QED) is 0.167. The average molecular weight is 603 g/mol. The van der Waals surface area contributed by atoms with Gasteiger partial charge in [-0.25, -0.2) is 0 Å². The van der Waals surface area contributed by atoms with Crippen molar-refractivity contribution in [3.05, 3.63) is 188 Å². The van der Waals surface area contributed by atoms with E-state index in [1.807, 2.05) is 0 Å². The number of nitrogens with zero attached hydrogens (tertiary/aromatic N) is 2. The highest BCUT2D eigenvalue weighted by atomic mass is 15.1. The fourth-order valence-corrected chi connectivity index (χ4v) is 6.62. The van der Waals surface area contributed by atoms with Crippen molar-refractivity contribution in [2.24, 2.45) is 0 Å². The highest BCUT2D eigenvalue weighted by molar-refractivity contribution is 6.12. The molecule has 0 amide bonds. The number of hydrogen-bond acceptors (Lipinski definition) is 2. The molecule has 0 atom stereocenters. The van der Waals surface area contributed by atoms with Gasteiger partial charge in [0.15, 0.2) is 0 Å². The predicted molar refractivity (Wildman–Crippen MR) is 202 cm³/mol. The minimum absolute atomic E-state index is 1.10. The van der Waals surface area contributed by atoms with Crippen LogP contribution in [0.4, 0.5) is 28.4 Å². The number of hydrogen-bond donors (Lipinski definition) is 0. The van der Waals surface area contributed by atoms with E-state index in [4.69, 9.17) is 0 Å². The Bertz CT molecular complexity index is 2140. The third-order valence-electron chi connectivity index (χ3n) is 9.04. The SMILES string of the molecule is CN(c1ccc(N(c2ccc(-c3ccccc3)cc2)c2ccc(-c3ccccc3)cc2)cc1)c1c2ccccc2cc2ccccc12. The Kier molecular flexibility index (Phi) is 7.45. The molecule has 8 aromatic carbocycles. The number of rotatable bonds is 7. The summed E-state index contributed by atoms with van der Waals surface area (Å²) in [6.45, 7) is 0. The molecule has 2 nitrogen and oxygen atoms in total. The van der Waals surface area contributed by atoms with E-state index in [-0.39, 0.29) is 0 Å². The van der Waals surface area contributed by atoms with Gasteiger partial charge in [-0.3, -0.25) is 0 Å². The van der Waals surface area contributed by atoms with Crippen molar-refractivity contribution in [3.8, 4) is 22.3 Å². The van der Waals surface area contributed by atoms with E-state index in [1.165, 1.54) is 49.5 Å². The Morgan fingerprint density at radius 2 is 0.660 bits per heavy atom. The Balaban J connectivity index is 1.19. The maximum Gasteiger partial charge on any atom is 0.0567 e. The van der Waals surface area contributed by atoms with Gasteiger partial charge >= 0.3 is 0 Å². The Morgan fingerprint density at radius 3 is 1.11 bits per heavy atom. The molecule has 0 saturated heterocycles. The lowest BCUT2D eigenvalue weighted by Crippen LogP contribution is -2.12. The third kappa shape index (κ3) is 5.51. The summed E-state index contributed by atoms with van der Waals surface area (Å²) in [5.74, 6) is 0. The van der Waals surface area contributed by atoms with Crippen molar-refractivity contribution >= 4 is 50.0 Å². The normalized spacial score (nSPS) is 11.1. The van der Waals surface area contributed by atoms with Gasteiger partial charge in [0.2, 0.25) is 0 Å². The molecule has 0 fully saturated rings. The second-order valence-corrected chi connectivity index (χ2v) is 11.9. The molecule has 0 aliphatic carbocycles. The molecule has 8 rings (SSSR count). The second kappa shape index (κ2) is 12.3. The van der Waals surface area contributed by atoms with Crippen LogP contribution in [0.5, 0.6) is 0 Å². The summed E-state index contributed by atoms with van der Waals surface area (Å²) in [7, 11) is 2.17. The monoisotopic (exact) mass is 602 g/mol. The molecule has 0 aliphatic heterocycles. The first-order valence-electron chi connectivity index (χ1n) is 16.1. The molecule has 0 radical (unpaired) electrons. The lowest BCUT2D eigenvalue weighted by molar-refractivity contribution is 1.22. The van der Waals surface area contributed by atoms with Crippen LogP contribution in [-0.2, 0) is 0 Å². The summed E-state index contributed by atoms with van der Waals surface area (Å²) in [4.78, 5) is 4.66. The van der Waals surface area contributed by atoms with Crippen molar-refractivity contribution in [2.45, 2.75) is 0 Å². The van der Waals surface area contributed by atoms with Crippen molar-refractivity contribution in [1.82, 2.24) is 0 Å². The highest BCUT2D eigenvalue weighted by Gasteiger charge is 2.16. The second-order valence-electron chi connectivity index (χ2n) is 11.9. The van der Waals surface area contributed by atoms with Crippen LogP contribution in [0.25, 0.3) is 43.8 Å². The molecular formula is C45H34N2. The molecular weight excluding hydrogens is 569 g/mol. The van der Waals surface area contributed by atoms with Gasteiger partial charge in [0.05, 0.1) is 5.69 Å². The van der Waals surface area contributed by atoms with E-state index < -0.39 is 0 Å². The van der Waals surface area contributed by atoms with Crippen LogP contribution in [0.15, 0.2) is 188 Å². The molecule has 8 aromatic rings. The summed E-state index contributed by atoms with van der Waals surface area (Å²) < 4.78 is 0. The van der Waals surface area contributed by atoms with Gasteiger partial charge in [0.25, 0.3) is 0 Å². The van der Waals surface area contributed by atoms with Crippen molar-refractivity contribution in [2.75, 3.05) is 16.8 Å². The van der Waals surface area contributed by atoms with E-state index in [0.29, 0.717) is 0 Å². The summed E-state index contributed by atoms with van der Waals surface area (Å²) in [5, 5.41) is 4.98. The minimum atomic E-state index is 1.10. The van der Waals surface area contributed by atoms with Gasteiger partial charge in [-0.15, -0.1) is 0 Å². The van der Waals surface area contributed by atoms with E-state index >= 15 is 0 Å². The number of anilines is 5. The van der Waals surface area contributed by atoms with Crippen LogP contribution < -0.4 is 9.80 Å². The van der Waals surface area contributed by atoms with Gasteiger partial charge < -0.3 is 9.80 Å². The van der Waals surface area contributed by atoms with Crippen LogP contribution in [0.3, 0.4) is 0 Å². The highest BCUT2D eigenvalue weighted by Crippen LogP contribution is 2.41. The standard InChI is InChI=1S/C45H34N2/c1-46(45-43-18-10-8-16-37(43)32-38-17-9-11-19-44(38)45)39-28-30-42(31-29-39)47(40-24-20-35(21-25-40)33-12-4-2-5-13-33)41-26-22-36(23-27-41)34-14-6-3-7-15-34/h2-32H,1H3. The van der Waals surface area contributed by atoms with Gasteiger partial charge in [-0.05, 0) is 87.6 Å². The molecule has 0 spiro atoms. The van der Waals surface area contributed by atoms with Gasteiger partial charge in [-0.2, -0.15) is 0 Å². The average Bonchev–Trinajstić information content (AvgIpc) is 3.15. The number of fused-ring (bicyclic) bond motifs is 2. The van der Waals surface area contributed by atoms with E-state index in [0.717, 1.165) is 22.7 Å². The van der Waals surface area contributed by atoms with Gasteiger partial charge in [0, 0.05) is 40.6 Å². The Morgan fingerprint density at radius 1 is 0.319 bits per heavy atom. The van der Waals surface area contributed by atoms with E-state index in [1.54, 1.807) is 0 Å². The van der Waals surface area contributed by atoms with Gasteiger partial charge in [-0.1, -0.05) is 133 Å². The predicted octanol–water partition coefficient (Wildman–Crippen LogP) is 12.6. The molecule has 0 N–H and O–H groups in total. The molecule has 0 bridgehead atoms. The summed E-state index contributed by atoms with van der Waals surface area (Å²) in [5.41, 5.74) is 10.5. The zero-order valence-electron chi connectivity index (χ0n) is 26.3. The zero-order chi connectivity index (χ0) is 31.6. The lowest BCUT2D eigenvalue weighted by Gasteiger charge is -2.28. The lowest BCUT2D eigenvalue weighted by atomic mass is 10.00. The first-order chi connectivity index (χ1) is 23.2. The molecule has 0 aliphatic rings. The Labute approximate surface area is 276 Å². The molecule has 0 heterocycles. The van der Waals surface area contributed by atoms with Crippen LogP contribution >= 0.6 is 0 Å². The Hall–Kier alpha value is -6.12. The molecule has 0 aromatic heterocycles. The number of benzene rings is 8. The third-order valence-corrected chi connectivity index (χ3v) is 9.04. The summed E-state index contributed by atoms with van der Waals surface area (Å²) in [6.07, 6.45) is 0. The molecule has 0 unspecified atom stereocenters. The summed E-state index contributed by atoms with van der Waals surface area (Å²) in [6, 6.07) is 67.4. The topological polar surface area (TPSA) is 6.48 Å². The fourth-order valence-electron chi connectivity index (χ4n) is 6.62. The van der Waals surface area contributed by atoms with Crippen molar-refractivity contribution < 1.29 is 0 Å². The molecule has 224 valence electrons. The van der Waals surface area contributed by atoms with Crippen LogP contribution in [0.1, 0.15) is 0 Å². The first kappa shape index (κ1) is 28.4. The maximum absolute atomic E-state index is 2.33. The van der Waals surface area contributed by atoms with Gasteiger partial charge in [0.1, 0.15) is 0 Å². The minimum Gasteiger partial charge on any atom is -0.344 e. The van der Waals surface area contributed by atoms with E-state index in [2.05, 4.69) is 205 Å². The molecule has 0 saturated carbocycles. The van der Waals surface area contributed by atoms with Crippen molar-refractivity contribution in [3.63, 3.8) is 0 Å².